The van der Waals surface area contributed by atoms with Crippen molar-refractivity contribution in [3.63, 3.8) is 0 Å². The second-order valence-corrected chi connectivity index (χ2v) is 5.41. The molecule has 0 atom stereocenters. The predicted octanol–water partition coefficient (Wildman–Crippen LogP) is 1.51. The number of carbonyl (C=O) groups excluding carboxylic acids is 1. The standard InChI is InChI=1S/C12H20N2O3S/c1-3-6-14(9-11(15)16)12(17)13-7-4-10(18-2)5-8-13/h3,10H,1,4-9H2,2H3,(H,15,16). The molecule has 1 rings (SSSR count). The number of hydrogen-bond donors (Lipinski definition) is 1. The average Bonchev–Trinajstić information content (AvgIpc) is 2.37. The summed E-state index contributed by atoms with van der Waals surface area (Å²) in [5, 5.41) is 9.40. The smallest absolute Gasteiger partial charge is 0.323 e. The van der Waals surface area contributed by atoms with E-state index in [-0.39, 0.29) is 19.1 Å². The Hall–Kier alpha value is -1.17. The van der Waals surface area contributed by atoms with Gasteiger partial charge in [0.1, 0.15) is 6.54 Å². The zero-order valence-electron chi connectivity index (χ0n) is 10.7. The number of rotatable bonds is 5. The topological polar surface area (TPSA) is 60.9 Å². The van der Waals surface area contributed by atoms with Crippen LogP contribution in [0.25, 0.3) is 0 Å². The molecule has 102 valence electrons. The summed E-state index contributed by atoms with van der Waals surface area (Å²) in [6.45, 7) is 4.96. The molecule has 1 saturated heterocycles. The zero-order chi connectivity index (χ0) is 13.5. The van der Waals surface area contributed by atoms with Crippen LogP contribution < -0.4 is 0 Å². The van der Waals surface area contributed by atoms with Crippen molar-refractivity contribution in [3.05, 3.63) is 12.7 Å². The SMILES string of the molecule is C=CCN(CC(=O)O)C(=O)N1CCC(SC)CC1. The lowest BCUT2D eigenvalue weighted by Crippen LogP contribution is -2.48. The molecule has 2 amide bonds. The number of piperidine rings is 1. The Balaban J connectivity index is 2.55. The van der Waals surface area contributed by atoms with Gasteiger partial charge in [-0.05, 0) is 19.1 Å². The fraction of sp³-hybridized carbons (Fsp3) is 0.667. The van der Waals surface area contributed by atoms with E-state index in [1.165, 1.54) is 4.90 Å². The first-order valence-electron chi connectivity index (χ1n) is 5.97. The summed E-state index contributed by atoms with van der Waals surface area (Å²) in [6, 6.07) is -0.197. The predicted molar refractivity (Wildman–Crippen MR) is 72.9 cm³/mol. The van der Waals surface area contributed by atoms with E-state index in [1.807, 2.05) is 11.8 Å². The maximum absolute atomic E-state index is 12.2. The Morgan fingerprint density at radius 1 is 1.50 bits per heavy atom. The molecular formula is C12H20N2O3S. The molecule has 0 saturated carbocycles. The fourth-order valence-corrected chi connectivity index (χ4v) is 2.69. The molecule has 0 aromatic heterocycles. The third-order valence-corrected chi connectivity index (χ3v) is 4.13. The Labute approximate surface area is 112 Å². The summed E-state index contributed by atoms with van der Waals surface area (Å²) in [6.07, 6.45) is 5.58. The van der Waals surface area contributed by atoms with E-state index >= 15 is 0 Å². The monoisotopic (exact) mass is 272 g/mol. The van der Waals surface area contributed by atoms with Crippen molar-refractivity contribution in [1.82, 2.24) is 9.80 Å². The van der Waals surface area contributed by atoms with Crippen molar-refractivity contribution >= 4 is 23.8 Å². The van der Waals surface area contributed by atoms with Gasteiger partial charge in [0.2, 0.25) is 0 Å². The van der Waals surface area contributed by atoms with Crippen molar-refractivity contribution in [2.45, 2.75) is 18.1 Å². The maximum atomic E-state index is 12.2. The highest BCUT2D eigenvalue weighted by Gasteiger charge is 2.26. The van der Waals surface area contributed by atoms with Crippen LogP contribution >= 0.6 is 11.8 Å². The van der Waals surface area contributed by atoms with Crippen LogP contribution in [0.3, 0.4) is 0 Å². The van der Waals surface area contributed by atoms with E-state index < -0.39 is 5.97 Å². The molecule has 18 heavy (non-hydrogen) atoms. The molecule has 0 bridgehead atoms. The van der Waals surface area contributed by atoms with E-state index in [4.69, 9.17) is 5.11 Å². The van der Waals surface area contributed by atoms with Gasteiger partial charge >= 0.3 is 12.0 Å². The summed E-state index contributed by atoms with van der Waals surface area (Å²) in [5.41, 5.74) is 0. The van der Waals surface area contributed by atoms with Gasteiger partial charge in [0.25, 0.3) is 0 Å². The van der Waals surface area contributed by atoms with Crippen molar-refractivity contribution in [2.75, 3.05) is 32.4 Å². The van der Waals surface area contributed by atoms with E-state index in [1.54, 1.807) is 11.0 Å². The number of carboxylic acids is 1. The van der Waals surface area contributed by atoms with E-state index in [0.29, 0.717) is 18.3 Å². The van der Waals surface area contributed by atoms with Crippen LogP contribution in [0.2, 0.25) is 0 Å². The number of urea groups is 1. The zero-order valence-corrected chi connectivity index (χ0v) is 11.5. The Morgan fingerprint density at radius 3 is 2.56 bits per heavy atom. The number of thioether (sulfide) groups is 1. The summed E-state index contributed by atoms with van der Waals surface area (Å²) >= 11 is 1.83. The lowest BCUT2D eigenvalue weighted by Gasteiger charge is -2.34. The number of amides is 2. The van der Waals surface area contributed by atoms with Crippen LogP contribution in [0, 0.1) is 0 Å². The number of hydrogen-bond acceptors (Lipinski definition) is 3. The van der Waals surface area contributed by atoms with E-state index in [0.717, 1.165) is 12.8 Å². The fourth-order valence-electron chi connectivity index (χ4n) is 2.01. The van der Waals surface area contributed by atoms with Crippen LogP contribution in [-0.4, -0.2) is 64.6 Å². The summed E-state index contributed by atoms with van der Waals surface area (Å²) in [4.78, 5) is 25.9. The van der Waals surface area contributed by atoms with Crippen LogP contribution in [0.5, 0.6) is 0 Å². The van der Waals surface area contributed by atoms with Crippen molar-refractivity contribution in [3.8, 4) is 0 Å². The van der Waals surface area contributed by atoms with Gasteiger partial charge in [-0.2, -0.15) is 11.8 Å². The minimum absolute atomic E-state index is 0.197. The van der Waals surface area contributed by atoms with Gasteiger partial charge in [-0.25, -0.2) is 4.79 Å². The lowest BCUT2D eigenvalue weighted by atomic mass is 10.1. The first-order chi connectivity index (χ1) is 8.58. The lowest BCUT2D eigenvalue weighted by molar-refractivity contribution is -0.137. The highest BCUT2D eigenvalue weighted by atomic mass is 32.2. The van der Waals surface area contributed by atoms with Gasteiger partial charge in [-0.3, -0.25) is 4.79 Å². The average molecular weight is 272 g/mol. The largest absolute Gasteiger partial charge is 0.480 e. The van der Waals surface area contributed by atoms with Crippen LogP contribution in [0.15, 0.2) is 12.7 Å². The molecule has 0 aromatic rings. The molecule has 1 N–H and O–H groups in total. The molecule has 0 spiro atoms. The molecular weight excluding hydrogens is 252 g/mol. The molecule has 0 aliphatic carbocycles. The molecule has 0 aromatic carbocycles. The first kappa shape index (κ1) is 14.9. The number of likely N-dealkylation sites (tertiary alicyclic amines) is 1. The van der Waals surface area contributed by atoms with Crippen molar-refractivity contribution in [2.24, 2.45) is 0 Å². The molecule has 6 heteroatoms. The Bertz CT molecular complexity index is 314. The Kier molecular flexibility index (Phi) is 6.04. The summed E-state index contributed by atoms with van der Waals surface area (Å²) < 4.78 is 0. The van der Waals surface area contributed by atoms with Crippen molar-refractivity contribution in [1.29, 1.82) is 0 Å². The molecule has 1 heterocycles. The molecule has 0 radical (unpaired) electrons. The number of nitrogens with zero attached hydrogens (tertiary/aromatic N) is 2. The maximum Gasteiger partial charge on any atom is 0.323 e. The quantitative estimate of drug-likeness (QED) is 0.771. The number of carbonyl (C=O) groups is 2. The molecule has 1 aliphatic heterocycles. The summed E-state index contributed by atoms with van der Waals surface area (Å²) in [5.74, 6) is -0.996. The third-order valence-electron chi connectivity index (χ3n) is 2.99. The van der Waals surface area contributed by atoms with Crippen LogP contribution in [-0.2, 0) is 4.79 Å². The van der Waals surface area contributed by atoms with Gasteiger partial charge in [0, 0.05) is 24.9 Å². The molecule has 1 aliphatic rings. The second-order valence-electron chi connectivity index (χ2n) is 4.27. The Morgan fingerprint density at radius 2 is 2.11 bits per heavy atom. The minimum Gasteiger partial charge on any atom is -0.480 e. The van der Waals surface area contributed by atoms with Gasteiger partial charge in [-0.1, -0.05) is 6.08 Å². The minimum atomic E-state index is -0.996. The molecule has 0 unspecified atom stereocenters. The van der Waals surface area contributed by atoms with E-state index in [2.05, 4.69) is 12.8 Å². The molecule has 1 fully saturated rings. The second kappa shape index (κ2) is 7.31. The normalized spacial score (nSPS) is 16.4. The molecule has 5 nitrogen and oxygen atoms in total. The van der Waals surface area contributed by atoms with Crippen LogP contribution in [0.1, 0.15) is 12.8 Å². The van der Waals surface area contributed by atoms with Gasteiger partial charge < -0.3 is 14.9 Å². The van der Waals surface area contributed by atoms with Gasteiger partial charge in [0.05, 0.1) is 0 Å². The van der Waals surface area contributed by atoms with Crippen molar-refractivity contribution < 1.29 is 14.7 Å². The highest BCUT2D eigenvalue weighted by Crippen LogP contribution is 2.21. The first-order valence-corrected chi connectivity index (χ1v) is 7.26. The van der Waals surface area contributed by atoms with E-state index in [9.17, 15) is 9.59 Å². The number of aliphatic carboxylic acids is 1. The third kappa shape index (κ3) is 4.25. The van der Waals surface area contributed by atoms with Gasteiger partial charge in [-0.15, -0.1) is 6.58 Å². The highest BCUT2D eigenvalue weighted by molar-refractivity contribution is 7.99. The summed E-state index contributed by atoms with van der Waals surface area (Å²) in [7, 11) is 0. The van der Waals surface area contributed by atoms with Gasteiger partial charge in [0.15, 0.2) is 0 Å². The number of carboxylic acid groups (broad SMARTS) is 1. The van der Waals surface area contributed by atoms with Crippen LogP contribution in [0.4, 0.5) is 4.79 Å².